The quantitative estimate of drug-likeness (QED) is 0.0245. The van der Waals surface area contributed by atoms with E-state index in [4.69, 9.17) is 19.8 Å². The van der Waals surface area contributed by atoms with Gasteiger partial charge in [-0.25, -0.2) is 0 Å². The number of carbonyl (C=O) groups is 7. The number of hydrogen-bond donors (Lipinski definition) is 7. The molecule has 0 aliphatic carbocycles. The van der Waals surface area contributed by atoms with Crippen LogP contribution in [0.3, 0.4) is 0 Å². The number of nitrogens with zero attached hydrogens (tertiary/aromatic N) is 7. The molecular formula is C56H78GaN8O13S+5. The molecule has 0 saturated carbocycles. The number of benzene rings is 3. The third-order valence-corrected chi connectivity index (χ3v) is 14.3. The van der Waals surface area contributed by atoms with Crippen molar-refractivity contribution in [3.8, 4) is 0 Å². The van der Waals surface area contributed by atoms with Crippen molar-refractivity contribution in [3.05, 3.63) is 101 Å². The normalized spacial score (nSPS) is 16.1. The van der Waals surface area contributed by atoms with Gasteiger partial charge in [0.25, 0.3) is 11.9 Å². The van der Waals surface area contributed by atoms with Gasteiger partial charge in [-0.05, 0) is 73.2 Å². The van der Waals surface area contributed by atoms with E-state index in [9.17, 15) is 44.4 Å². The number of carboxylic acids is 6. The summed E-state index contributed by atoms with van der Waals surface area (Å²) in [6, 6.07) is 26.2. The van der Waals surface area contributed by atoms with Crippen molar-refractivity contribution in [1.29, 1.82) is 0 Å². The summed E-state index contributed by atoms with van der Waals surface area (Å²) in [5.74, 6) is -6.00. The summed E-state index contributed by atoms with van der Waals surface area (Å²) in [6.45, 7) is 5.33. The molecule has 6 rings (SSSR count). The number of pyridine rings is 1. The first kappa shape index (κ1) is 67.0. The third kappa shape index (κ3) is 25.1. The summed E-state index contributed by atoms with van der Waals surface area (Å²) in [5, 5.41) is 59.1. The predicted molar refractivity (Wildman–Crippen MR) is 304 cm³/mol. The van der Waals surface area contributed by atoms with Crippen molar-refractivity contribution < 1.29 is 73.3 Å². The van der Waals surface area contributed by atoms with Crippen molar-refractivity contribution in [1.82, 2.24) is 19.6 Å². The van der Waals surface area contributed by atoms with E-state index in [1.54, 1.807) is 43.5 Å². The molecule has 1 fully saturated rings. The van der Waals surface area contributed by atoms with Crippen LogP contribution in [-0.4, -0.2) is 229 Å². The number of hydrogen-bond acceptors (Lipinski definition) is 13. The Hall–Kier alpha value is -6.31. The SMILES string of the molecule is CC(=O)O.CC(=O)O.CN1/C(=C/c2cc[n+](CCC[N+](C)(C)CCCCCC(=O)Nc3ccc(CC4CN(CC(=O)O)CCN(CC(=O)O)CCN(CC(=O)O)CCN4CC(=O)O)cc3)c3ccccc23)Sc2ccccc21.[68Ga+3]. The average molecular weight is 1170 g/mol. The summed E-state index contributed by atoms with van der Waals surface area (Å²) in [4.78, 5) is 88.7. The first-order valence-electron chi connectivity index (χ1n) is 26.0. The van der Waals surface area contributed by atoms with Gasteiger partial charge in [-0.1, -0.05) is 48.2 Å². The minimum absolute atomic E-state index is 0. The molecule has 0 radical (unpaired) electrons. The number of nitrogens with one attached hydrogen (secondary N) is 1. The number of thioether (sulfide) groups is 1. The van der Waals surface area contributed by atoms with Gasteiger partial charge in [0.1, 0.15) is 0 Å². The molecule has 424 valence electrons. The van der Waals surface area contributed by atoms with Crippen LogP contribution >= 0.6 is 11.8 Å². The van der Waals surface area contributed by atoms with Crippen molar-refractivity contribution >= 4 is 102 Å². The summed E-state index contributed by atoms with van der Waals surface area (Å²) in [6.07, 6.45) is 8.97. The van der Waals surface area contributed by atoms with Crippen LogP contribution in [-0.2, 0) is 46.5 Å². The largest absolute Gasteiger partial charge is 3.00 e. The van der Waals surface area contributed by atoms with Crippen molar-refractivity contribution in [2.24, 2.45) is 0 Å². The van der Waals surface area contributed by atoms with Crippen molar-refractivity contribution in [3.63, 3.8) is 0 Å². The minimum atomic E-state index is -1.07. The molecule has 4 aromatic rings. The Morgan fingerprint density at radius 1 is 0.658 bits per heavy atom. The number of quaternary nitrogens is 1. The Morgan fingerprint density at radius 3 is 1.78 bits per heavy atom. The molecule has 1 aromatic heterocycles. The van der Waals surface area contributed by atoms with E-state index in [1.807, 2.05) is 12.1 Å². The molecule has 3 aromatic carbocycles. The number of unbranched alkanes of at least 4 members (excludes halogenated alkanes) is 2. The molecule has 3 heterocycles. The molecule has 1 saturated heterocycles. The molecule has 0 bridgehead atoms. The second kappa shape index (κ2) is 34.0. The summed E-state index contributed by atoms with van der Waals surface area (Å²) in [5.41, 5.74) is 5.13. The van der Waals surface area contributed by atoms with Crippen LogP contribution in [0.25, 0.3) is 17.0 Å². The molecule has 7 N–H and O–H groups in total. The molecule has 0 spiro atoms. The fourth-order valence-corrected chi connectivity index (χ4v) is 10.5. The van der Waals surface area contributed by atoms with Crippen molar-refractivity contribution in [2.75, 3.05) is 116 Å². The van der Waals surface area contributed by atoms with Crippen LogP contribution in [0.4, 0.5) is 11.4 Å². The first-order valence-corrected chi connectivity index (χ1v) is 26.8. The average Bonchev–Trinajstić information content (AvgIpc) is 3.72. The minimum Gasteiger partial charge on any atom is -0.481 e. The maximum Gasteiger partial charge on any atom is 3.00 e. The van der Waals surface area contributed by atoms with Crippen LogP contribution in [0.5, 0.6) is 0 Å². The molecule has 79 heavy (non-hydrogen) atoms. The third-order valence-electron chi connectivity index (χ3n) is 13.1. The number of anilines is 2. The molecule has 1 unspecified atom stereocenters. The Morgan fingerprint density at radius 2 is 1.19 bits per heavy atom. The Bertz CT molecular complexity index is 2680. The number of aryl methyl sites for hydroxylation is 1. The molecule has 23 heteroatoms. The van der Waals surface area contributed by atoms with Gasteiger partial charge in [-0.3, -0.25) is 53.2 Å². The zero-order valence-electron chi connectivity index (χ0n) is 46.0. The molecule has 21 nitrogen and oxygen atoms in total. The van der Waals surface area contributed by atoms with E-state index >= 15 is 0 Å². The fourth-order valence-electron chi connectivity index (χ4n) is 9.37. The van der Waals surface area contributed by atoms with Gasteiger partial charge < -0.3 is 45.3 Å². The number of para-hydroxylation sites is 2. The zero-order valence-corrected chi connectivity index (χ0v) is 49.3. The van der Waals surface area contributed by atoms with Crippen LogP contribution in [0.15, 0.2) is 95.0 Å². The number of carboxylic acid groups (broad SMARTS) is 6. The number of aromatic nitrogens is 1. The molecule has 1 atom stereocenters. The second-order valence-electron chi connectivity index (χ2n) is 20.1. The van der Waals surface area contributed by atoms with E-state index in [2.05, 4.69) is 103 Å². The standard InChI is InChI=1S/C52H68N8O9S.2C2H4O2.Ga/c1-54-45-14-8-9-15-46(45)70-48(54)33-40-21-23-58(44-13-7-6-12-43(40)44)22-11-31-60(2,3)30-10-4-5-16-47(61)53-41-19-17-39(18-20-41)32-42-34-57(37-51(66)67)27-26-55(35-49(62)63)24-25-56(36-50(64)65)28-29-59(42)38-52(68)69;2*1-2(3)4;/h6-9,12-15,17-21,23,33,42H,4-5,10-11,16,22,24-32,34-38H2,1-3H3,(H3-2,53,61,62,63,64,65,66,67,68,69);2*1H3,(H,3,4);/q;;;+3/p+2/i;;;1-2. The fraction of sp³-hybridized carbons (Fsp3) is 0.464. The van der Waals surface area contributed by atoms with Crippen LogP contribution in [0, 0.1) is 0 Å². The molecule has 2 aliphatic rings. The van der Waals surface area contributed by atoms with Gasteiger partial charge in [-0.15, -0.1) is 0 Å². The summed E-state index contributed by atoms with van der Waals surface area (Å²) in [7, 11) is 6.67. The van der Waals surface area contributed by atoms with Gasteiger partial charge in [-0.2, -0.15) is 4.57 Å². The van der Waals surface area contributed by atoms with Crippen molar-refractivity contribution in [2.45, 2.75) is 69.9 Å². The Kier molecular flexibility index (Phi) is 28.8. The maximum absolute atomic E-state index is 13.0. The van der Waals surface area contributed by atoms with E-state index in [-0.39, 0.29) is 97.7 Å². The number of fused-ring (bicyclic) bond motifs is 2. The van der Waals surface area contributed by atoms with Gasteiger partial charge in [0, 0.05) is 102 Å². The summed E-state index contributed by atoms with van der Waals surface area (Å²) >= 11 is 1.80. The van der Waals surface area contributed by atoms with E-state index < -0.39 is 41.9 Å². The van der Waals surface area contributed by atoms with Gasteiger partial charge in [0.15, 0.2) is 12.7 Å². The number of amides is 1. The Labute approximate surface area is 479 Å². The maximum atomic E-state index is 13.0. The van der Waals surface area contributed by atoms with Gasteiger partial charge in [0.05, 0.1) is 75.9 Å². The Balaban J connectivity index is 0.00000170. The topological polar surface area (TPSA) is 273 Å². The van der Waals surface area contributed by atoms with Crippen LogP contribution in [0.2, 0.25) is 0 Å². The smallest absolute Gasteiger partial charge is 0.481 e. The van der Waals surface area contributed by atoms with E-state index in [0.29, 0.717) is 18.5 Å². The molecule has 2 aliphatic heterocycles. The number of rotatable bonds is 22. The second-order valence-corrected chi connectivity index (χ2v) is 21.2. The van der Waals surface area contributed by atoms with Gasteiger partial charge >= 0.3 is 43.7 Å². The number of aliphatic carboxylic acids is 6. The van der Waals surface area contributed by atoms with Gasteiger partial charge in [0.2, 0.25) is 11.4 Å². The monoisotopic (exact) mass is 1170 g/mol. The van der Waals surface area contributed by atoms with Crippen LogP contribution < -0.4 is 14.8 Å². The molecule has 1 amide bonds. The number of carbonyl (C=O) groups excluding carboxylic acids is 1. The van der Waals surface area contributed by atoms with Crippen LogP contribution in [0.1, 0.15) is 57.1 Å². The first-order chi connectivity index (χ1) is 37.0. The summed E-state index contributed by atoms with van der Waals surface area (Å²) < 4.78 is 3.26. The molecular weight excluding hydrogens is 1090 g/mol. The zero-order chi connectivity index (χ0) is 57.4. The predicted octanol–water partition coefficient (Wildman–Crippen LogP) is 4.61. The van der Waals surface area contributed by atoms with E-state index in [0.717, 1.165) is 69.2 Å². The van der Waals surface area contributed by atoms with E-state index in [1.165, 1.54) is 32.1 Å².